The van der Waals surface area contributed by atoms with Crippen molar-refractivity contribution < 1.29 is 0 Å². The highest BCUT2D eigenvalue weighted by Gasteiger charge is 2.05. The van der Waals surface area contributed by atoms with Crippen molar-refractivity contribution >= 4 is 27.5 Å². The van der Waals surface area contributed by atoms with E-state index in [0.29, 0.717) is 5.02 Å². The predicted molar refractivity (Wildman–Crippen MR) is 56.6 cm³/mol. The molecular formula is C8H6BrClN4. The number of hydrogen-bond acceptors (Lipinski definition) is 3. The van der Waals surface area contributed by atoms with Gasteiger partial charge in [-0.05, 0) is 51.5 Å². The highest BCUT2D eigenvalue weighted by molar-refractivity contribution is 9.10. The van der Waals surface area contributed by atoms with Gasteiger partial charge >= 0.3 is 0 Å². The molecule has 0 amide bonds. The molecule has 0 fully saturated rings. The molecule has 1 heterocycles. The van der Waals surface area contributed by atoms with E-state index in [0.717, 1.165) is 16.0 Å². The summed E-state index contributed by atoms with van der Waals surface area (Å²) in [6.07, 6.45) is 0. The summed E-state index contributed by atoms with van der Waals surface area (Å²) in [5.41, 5.74) is 0.878. The van der Waals surface area contributed by atoms with Crippen LogP contribution in [0.3, 0.4) is 0 Å². The Morgan fingerprint density at radius 2 is 2.21 bits per heavy atom. The molecule has 0 saturated heterocycles. The predicted octanol–water partition coefficient (Wildman–Crippen LogP) is 2.39. The number of halogens is 2. The highest BCUT2D eigenvalue weighted by Crippen LogP contribution is 2.24. The fourth-order valence-electron chi connectivity index (χ4n) is 1.09. The van der Waals surface area contributed by atoms with Gasteiger partial charge in [-0.1, -0.05) is 11.6 Å². The zero-order chi connectivity index (χ0) is 10.1. The summed E-state index contributed by atoms with van der Waals surface area (Å²) in [5.74, 6) is 0.735. The number of aromatic nitrogens is 4. The van der Waals surface area contributed by atoms with Crippen molar-refractivity contribution in [2.45, 2.75) is 6.92 Å². The van der Waals surface area contributed by atoms with Crippen LogP contribution in [0, 0.1) is 6.92 Å². The van der Waals surface area contributed by atoms with Crippen molar-refractivity contribution in [1.82, 2.24) is 20.2 Å². The first-order chi connectivity index (χ1) is 6.68. The molecule has 4 nitrogen and oxygen atoms in total. The van der Waals surface area contributed by atoms with E-state index in [9.17, 15) is 0 Å². The zero-order valence-corrected chi connectivity index (χ0v) is 9.62. The summed E-state index contributed by atoms with van der Waals surface area (Å²) in [4.78, 5) is 0. The van der Waals surface area contributed by atoms with Crippen molar-refractivity contribution in [3.63, 3.8) is 0 Å². The molecule has 0 N–H and O–H groups in total. The second-order valence-corrected chi connectivity index (χ2v) is 4.00. The van der Waals surface area contributed by atoms with Gasteiger partial charge in [0.15, 0.2) is 5.82 Å². The summed E-state index contributed by atoms with van der Waals surface area (Å²) in [6, 6.07) is 5.52. The molecule has 2 rings (SSSR count). The quantitative estimate of drug-likeness (QED) is 0.801. The van der Waals surface area contributed by atoms with E-state index in [2.05, 4.69) is 31.5 Å². The van der Waals surface area contributed by atoms with Gasteiger partial charge < -0.3 is 0 Å². The van der Waals surface area contributed by atoms with E-state index in [1.165, 1.54) is 0 Å². The Kier molecular flexibility index (Phi) is 2.52. The van der Waals surface area contributed by atoms with E-state index in [4.69, 9.17) is 11.6 Å². The molecule has 0 aliphatic carbocycles. The van der Waals surface area contributed by atoms with Crippen LogP contribution in [0.5, 0.6) is 0 Å². The highest BCUT2D eigenvalue weighted by atomic mass is 79.9. The molecule has 2 aromatic rings. The van der Waals surface area contributed by atoms with E-state index < -0.39 is 0 Å². The average molecular weight is 274 g/mol. The first-order valence-corrected chi connectivity index (χ1v) is 5.06. The second-order valence-electron chi connectivity index (χ2n) is 2.74. The van der Waals surface area contributed by atoms with Crippen molar-refractivity contribution in [3.8, 4) is 5.69 Å². The van der Waals surface area contributed by atoms with Crippen LogP contribution in [0.4, 0.5) is 0 Å². The summed E-state index contributed by atoms with van der Waals surface area (Å²) >= 11 is 9.22. The van der Waals surface area contributed by atoms with Crippen LogP contribution in [0.1, 0.15) is 5.82 Å². The van der Waals surface area contributed by atoms with E-state index >= 15 is 0 Å². The SMILES string of the molecule is Cc1nnnn1-c1ccc(Cl)c(Br)c1. The topological polar surface area (TPSA) is 43.6 Å². The van der Waals surface area contributed by atoms with E-state index in [-0.39, 0.29) is 0 Å². The number of aryl methyl sites for hydroxylation is 1. The Morgan fingerprint density at radius 3 is 2.79 bits per heavy atom. The molecule has 6 heteroatoms. The lowest BCUT2D eigenvalue weighted by atomic mass is 10.3. The van der Waals surface area contributed by atoms with Crippen LogP contribution in [0.15, 0.2) is 22.7 Å². The zero-order valence-electron chi connectivity index (χ0n) is 7.28. The van der Waals surface area contributed by atoms with Gasteiger partial charge in [-0.2, -0.15) is 4.68 Å². The maximum Gasteiger partial charge on any atom is 0.153 e. The molecule has 1 aromatic carbocycles. The standard InChI is InChI=1S/C8H6BrClN4/c1-5-11-12-13-14(5)6-2-3-8(10)7(9)4-6/h2-4H,1H3. The maximum absolute atomic E-state index is 5.87. The fraction of sp³-hybridized carbons (Fsp3) is 0.125. The third-order valence-corrected chi connectivity index (χ3v) is 2.99. The maximum atomic E-state index is 5.87. The minimum Gasteiger partial charge on any atom is -0.198 e. The summed E-state index contributed by atoms with van der Waals surface area (Å²) in [5, 5.41) is 11.9. The number of hydrogen-bond donors (Lipinski definition) is 0. The van der Waals surface area contributed by atoms with Gasteiger partial charge in [-0.3, -0.25) is 0 Å². The minimum atomic E-state index is 0.666. The van der Waals surface area contributed by atoms with Crippen LogP contribution in [0.25, 0.3) is 5.69 Å². The van der Waals surface area contributed by atoms with E-state index in [1.807, 2.05) is 19.1 Å². The molecule has 72 valence electrons. The molecule has 0 unspecified atom stereocenters. The molecule has 14 heavy (non-hydrogen) atoms. The van der Waals surface area contributed by atoms with Gasteiger partial charge in [0, 0.05) is 4.47 Å². The molecule has 1 aromatic heterocycles. The number of benzene rings is 1. The summed E-state index contributed by atoms with van der Waals surface area (Å²) < 4.78 is 2.47. The van der Waals surface area contributed by atoms with Crippen LogP contribution in [-0.2, 0) is 0 Å². The van der Waals surface area contributed by atoms with Crippen molar-refractivity contribution in [2.24, 2.45) is 0 Å². The van der Waals surface area contributed by atoms with Gasteiger partial charge in [0.05, 0.1) is 10.7 Å². The lowest BCUT2D eigenvalue weighted by molar-refractivity contribution is 0.779. The van der Waals surface area contributed by atoms with Gasteiger partial charge in [0.1, 0.15) is 0 Å². The monoisotopic (exact) mass is 272 g/mol. The number of rotatable bonds is 1. The molecule has 0 radical (unpaired) electrons. The normalized spacial score (nSPS) is 10.5. The third-order valence-electron chi connectivity index (χ3n) is 1.77. The van der Waals surface area contributed by atoms with Gasteiger partial charge in [-0.25, -0.2) is 0 Å². The van der Waals surface area contributed by atoms with Crippen LogP contribution < -0.4 is 0 Å². The fourth-order valence-corrected chi connectivity index (χ4v) is 1.57. The smallest absolute Gasteiger partial charge is 0.153 e. The summed E-state index contributed by atoms with van der Waals surface area (Å²) in [7, 11) is 0. The first kappa shape index (κ1) is 9.61. The molecule has 0 saturated carbocycles. The molecule has 0 spiro atoms. The van der Waals surface area contributed by atoms with Crippen molar-refractivity contribution in [1.29, 1.82) is 0 Å². The summed E-state index contributed by atoms with van der Waals surface area (Å²) in [6.45, 7) is 1.84. The lowest BCUT2D eigenvalue weighted by Gasteiger charge is -2.02. The van der Waals surface area contributed by atoms with Crippen molar-refractivity contribution in [2.75, 3.05) is 0 Å². The molecule has 0 aliphatic rings. The van der Waals surface area contributed by atoms with Crippen LogP contribution >= 0.6 is 27.5 Å². The minimum absolute atomic E-state index is 0.666. The largest absolute Gasteiger partial charge is 0.198 e. The second kappa shape index (κ2) is 3.67. The molecular weight excluding hydrogens is 267 g/mol. The van der Waals surface area contributed by atoms with Gasteiger partial charge in [0.2, 0.25) is 0 Å². The Bertz CT molecular complexity index is 468. The molecule has 0 bridgehead atoms. The Hall–Kier alpha value is -0.940. The number of nitrogens with zero attached hydrogens (tertiary/aromatic N) is 4. The third kappa shape index (κ3) is 1.65. The van der Waals surface area contributed by atoms with Crippen LogP contribution in [-0.4, -0.2) is 20.2 Å². The average Bonchev–Trinajstić information content (AvgIpc) is 2.57. The first-order valence-electron chi connectivity index (χ1n) is 3.89. The van der Waals surface area contributed by atoms with Crippen molar-refractivity contribution in [3.05, 3.63) is 33.5 Å². The Morgan fingerprint density at radius 1 is 1.43 bits per heavy atom. The lowest BCUT2D eigenvalue weighted by Crippen LogP contribution is -1.99. The molecule has 0 atom stereocenters. The molecule has 0 aliphatic heterocycles. The number of tetrazole rings is 1. The van der Waals surface area contributed by atoms with Gasteiger partial charge in [0.25, 0.3) is 0 Å². The van der Waals surface area contributed by atoms with Gasteiger partial charge in [-0.15, -0.1) is 5.10 Å². The van der Waals surface area contributed by atoms with E-state index in [1.54, 1.807) is 10.7 Å². The Labute approximate surface area is 94.0 Å². The van der Waals surface area contributed by atoms with Crippen LogP contribution in [0.2, 0.25) is 5.02 Å². The Balaban J connectivity index is 2.53.